The number of hydrogen-bond acceptors (Lipinski definition) is 3. The summed E-state index contributed by atoms with van der Waals surface area (Å²) in [7, 11) is 3.48. The molecule has 28 heavy (non-hydrogen) atoms. The standard InChI is InChI=1S/C20H25ClN4OS.HI/c1-25(2)18(26)13-23-19(22-12-17-7-4-10-27-17)24-14-20(8-9-20)15-5-3-6-16(21)11-15;/h3-7,10-11H,8-9,12-14H2,1-2H3,(H2,22,23,24);1H. The zero-order chi connectivity index (χ0) is 19.3. The molecule has 0 aliphatic heterocycles. The number of guanidine groups is 1. The molecule has 0 saturated heterocycles. The molecule has 0 atom stereocenters. The second-order valence-electron chi connectivity index (χ2n) is 7.03. The van der Waals surface area contributed by atoms with Crippen LogP contribution in [0.5, 0.6) is 0 Å². The van der Waals surface area contributed by atoms with Crippen molar-refractivity contribution >= 4 is 58.8 Å². The van der Waals surface area contributed by atoms with E-state index in [4.69, 9.17) is 11.6 Å². The Kier molecular flexibility index (Phi) is 8.57. The lowest BCUT2D eigenvalue weighted by Crippen LogP contribution is -2.41. The minimum atomic E-state index is -0.0248. The second kappa shape index (κ2) is 10.5. The zero-order valence-corrected chi connectivity index (χ0v) is 20.0. The molecular formula is C20H26ClIN4OS. The third kappa shape index (κ3) is 6.35. The molecule has 0 unspecified atom stereocenters. The summed E-state index contributed by atoms with van der Waals surface area (Å²) in [5.74, 6) is 0.634. The van der Waals surface area contributed by atoms with Crippen molar-refractivity contribution in [2.75, 3.05) is 27.2 Å². The Bertz CT molecular complexity index is 806. The molecule has 152 valence electrons. The summed E-state index contributed by atoms with van der Waals surface area (Å²) in [4.78, 5) is 19.1. The molecule has 0 spiro atoms. The predicted molar refractivity (Wildman–Crippen MR) is 128 cm³/mol. The van der Waals surface area contributed by atoms with E-state index < -0.39 is 0 Å². The molecule has 1 saturated carbocycles. The molecule has 1 aromatic heterocycles. The van der Waals surface area contributed by atoms with Gasteiger partial charge in [-0.05, 0) is 42.0 Å². The lowest BCUT2D eigenvalue weighted by atomic mass is 9.96. The largest absolute Gasteiger partial charge is 0.355 e. The van der Waals surface area contributed by atoms with E-state index in [1.165, 1.54) is 10.4 Å². The molecule has 8 heteroatoms. The van der Waals surface area contributed by atoms with Crippen molar-refractivity contribution in [3.05, 3.63) is 57.2 Å². The molecule has 1 amide bonds. The van der Waals surface area contributed by atoms with Crippen LogP contribution in [0.2, 0.25) is 5.02 Å². The van der Waals surface area contributed by atoms with E-state index in [9.17, 15) is 4.79 Å². The van der Waals surface area contributed by atoms with Gasteiger partial charge in [0.1, 0.15) is 6.54 Å². The topological polar surface area (TPSA) is 56.7 Å². The average molecular weight is 533 g/mol. The zero-order valence-electron chi connectivity index (χ0n) is 16.1. The molecule has 1 fully saturated rings. The van der Waals surface area contributed by atoms with Crippen LogP contribution in [0.4, 0.5) is 0 Å². The highest BCUT2D eigenvalue weighted by atomic mass is 127. The summed E-state index contributed by atoms with van der Waals surface area (Å²) in [5.41, 5.74) is 1.35. The van der Waals surface area contributed by atoms with Gasteiger partial charge < -0.3 is 15.5 Å². The molecule has 2 N–H and O–H groups in total. The molecule has 3 rings (SSSR count). The van der Waals surface area contributed by atoms with Gasteiger partial charge in [0, 0.05) is 36.0 Å². The van der Waals surface area contributed by atoms with E-state index in [1.807, 2.05) is 24.3 Å². The minimum absolute atomic E-state index is 0. The maximum absolute atomic E-state index is 11.9. The van der Waals surface area contributed by atoms with Crippen LogP contribution in [-0.4, -0.2) is 44.0 Å². The third-order valence-corrected chi connectivity index (χ3v) is 5.88. The smallest absolute Gasteiger partial charge is 0.243 e. The number of thiophene rings is 1. The van der Waals surface area contributed by atoms with E-state index in [2.05, 4.69) is 33.1 Å². The Labute approximate surface area is 192 Å². The van der Waals surface area contributed by atoms with Crippen LogP contribution in [0.25, 0.3) is 0 Å². The maximum Gasteiger partial charge on any atom is 0.243 e. The summed E-state index contributed by atoms with van der Waals surface area (Å²) in [6.45, 7) is 1.57. The number of aliphatic imine (C=N–C) groups is 1. The van der Waals surface area contributed by atoms with Gasteiger partial charge in [0.05, 0.1) is 6.54 Å². The Hall–Kier alpha value is -1.32. The van der Waals surface area contributed by atoms with Crippen LogP contribution in [0.15, 0.2) is 46.8 Å². The number of nitrogens with zero attached hydrogens (tertiary/aromatic N) is 2. The Morgan fingerprint density at radius 2 is 2.04 bits per heavy atom. The van der Waals surface area contributed by atoms with E-state index in [0.717, 1.165) is 24.4 Å². The van der Waals surface area contributed by atoms with Crippen molar-refractivity contribution in [3.8, 4) is 0 Å². The fourth-order valence-electron chi connectivity index (χ4n) is 2.84. The van der Waals surface area contributed by atoms with E-state index in [-0.39, 0.29) is 41.8 Å². The van der Waals surface area contributed by atoms with Gasteiger partial charge in [0.25, 0.3) is 0 Å². The van der Waals surface area contributed by atoms with Crippen molar-refractivity contribution in [1.29, 1.82) is 0 Å². The van der Waals surface area contributed by atoms with Crippen molar-refractivity contribution in [1.82, 2.24) is 15.5 Å². The van der Waals surface area contributed by atoms with Gasteiger partial charge >= 0.3 is 0 Å². The number of carbonyl (C=O) groups excluding carboxylic acids is 1. The first-order valence-electron chi connectivity index (χ1n) is 8.99. The van der Waals surface area contributed by atoms with Crippen LogP contribution in [0.3, 0.4) is 0 Å². The fourth-order valence-corrected chi connectivity index (χ4v) is 3.67. The fraction of sp³-hybridized carbons (Fsp3) is 0.400. The Morgan fingerprint density at radius 1 is 1.25 bits per heavy atom. The SMILES string of the molecule is CN(C)C(=O)CN=C(NCc1cccs1)NCC1(c2cccc(Cl)c2)CC1.I. The van der Waals surface area contributed by atoms with Crippen LogP contribution in [-0.2, 0) is 16.8 Å². The van der Waals surface area contributed by atoms with Crippen molar-refractivity contribution in [3.63, 3.8) is 0 Å². The van der Waals surface area contributed by atoms with Gasteiger partial charge in [-0.1, -0.05) is 29.8 Å². The first-order chi connectivity index (χ1) is 13.0. The van der Waals surface area contributed by atoms with E-state index in [0.29, 0.717) is 12.5 Å². The van der Waals surface area contributed by atoms with Crippen molar-refractivity contribution < 1.29 is 4.79 Å². The number of nitrogens with one attached hydrogen (secondary N) is 2. The van der Waals surface area contributed by atoms with Crippen molar-refractivity contribution in [2.24, 2.45) is 4.99 Å². The van der Waals surface area contributed by atoms with Gasteiger partial charge in [0.2, 0.25) is 5.91 Å². The summed E-state index contributed by atoms with van der Waals surface area (Å²) < 4.78 is 0. The summed E-state index contributed by atoms with van der Waals surface area (Å²) >= 11 is 7.86. The van der Waals surface area contributed by atoms with Gasteiger partial charge in [-0.25, -0.2) is 4.99 Å². The van der Waals surface area contributed by atoms with Gasteiger partial charge in [-0.2, -0.15) is 0 Å². The van der Waals surface area contributed by atoms with Crippen LogP contribution < -0.4 is 10.6 Å². The maximum atomic E-state index is 11.9. The molecule has 1 heterocycles. The summed E-state index contributed by atoms with van der Waals surface area (Å²) in [6.07, 6.45) is 2.24. The average Bonchev–Trinajstić information content (AvgIpc) is 3.26. The molecular weight excluding hydrogens is 507 g/mol. The number of amides is 1. The summed E-state index contributed by atoms with van der Waals surface area (Å²) in [5, 5.41) is 9.57. The number of rotatable bonds is 7. The number of benzene rings is 1. The van der Waals surface area contributed by atoms with Crippen LogP contribution in [0, 0.1) is 0 Å². The van der Waals surface area contributed by atoms with Gasteiger partial charge in [-0.15, -0.1) is 35.3 Å². The van der Waals surface area contributed by atoms with Gasteiger partial charge in [-0.3, -0.25) is 4.79 Å². The van der Waals surface area contributed by atoms with Crippen molar-refractivity contribution in [2.45, 2.75) is 24.8 Å². The van der Waals surface area contributed by atoms with E-state index >= 15 is 0 Å². The number of hydrogen-bond donors (Lipinski definition) is 2. The lowest BCUT2D eigenvalue weighted by Gasteiger charge is -2.19. The highest BCUT2D eigenvalue weighted by Gasteiger charge is 2.44. The molecule has 0 radical (unpaired) electrons. The molecule has 1 aliphatic rings. The van der Waals surface area contributed by atoms with Gasteiger partial charge in [0.15, 0.2) is 5.96 Å². The Morgan fingerprint density at radius 3 is 2.64 bits per heavy atom. The third-order valence-electron chi connectivity index (χ3n) is 4.77. The second-order valence-corrected chi connectivity index (χ2v) is 8.50. The lowest BCUT2D eigenvalue weighted by molar-refractivity contribution is -0.127. The highest BCUT2D eigenvalue weighted by Crippen LogP contribution is 2.48. The molecule has 1 aliphatic carbocycles. The summed E-state index contributed by atoms with van der Waals surface area (Å²) in [6, 6.07) is 12.2. The number of carbonyl (C=O) groups is 1. The first kappa shape index (κ1) is 23.0. The number of likely N-dealkylation sites (N-methyl/N-ethyl adjacent to an activating group) is 1. The molecule has 5 nitrogen and oxygen atoms in total. The molecule has 2 aromatic rings. The highest BCUT2D eigenvalue weighted by molar-refractivity contribution is 14.0. The monoisotopic (exact) mass is 532 g/mol. The molecule has 0 bridgehead atoms. The quantitative estimate of drug-likeness (QED) is 0.323. The Balaban J connectivity index is 0.00000280. The minimum Gasteiger partial charge on any atom is -0.355 e. The first-order valence-corrected chi connectivity index (χ1v) is 10.3. The normalized spacial score (nSPS) is 14.8. The van der Waals surface area contributed by atoms with E-state index in [1.54, 1.807) is 30.3 Å². The van der Waals surface area contributed by atoms with Crippen LogP contribution in [0.1, 0.15) is 23.3 Å². The number of halogens is 2. The molecule has 1 aromatic carbocycles. The predicted octanol–water partition coefficient (Wildman–Crippen LogP) is 3.87. The van der Waals surface area contributed by atoms with Crippen LogP contribution >= 0.6 is 46.9 Å².